The molecule has 1 unspecified atom stereocenters. The normalized spacial score (nSPS) is 19.8. The van der Waals surface area contributed by atoms with Crippen molar-refractivity contribution in [3.8, 4) is 0 Å². The molecule has 0 bridgehead atoms. The fourth-order valence-corrected chi connectivity index (χ4v) is 4.32. The molecule has 2 heterocycles. The summed E-state index contributed by atoms with van der Waals surface area (Å²) in [5, 5.41) is 3.30. The highest BCUT2D eigenvalue weighted by Gasteiger charge is 2.33. The van der Waals surface area contributed by atoms with Gasteiger partial charge in [-0.1, -0.05) is 24.3 Å². The molecule has 0 fully saturated rings. The topological polar surface area (TPSA) is 59.1 Å². The van der Waals surface area contributed by atoms with Crippen LogP contribution in [-0.4, -0.2) is 19.2 Å². The van der Waals surface area contributed by atoms with Gasteiger partial charge in [0, 0.05) is 18.3 Å². The molecule has 1 aromatic carbocycles. The molecule has 0 amide bonds. The molecule has 20 heavy (non-hydrogen) atoms. The summed E-state index contributed by atoms with van der Waals surface area (Å²) in [4.78, 5) is 4.87. The molecule has 0 spiro atoms. The van der Waals surface area contributed by atoms with Crippen LogP contribution in [0.25, 0.3) is 0 Å². The number of nitrogens with one attached hydrogen (secondary N) is 1. The van der Waals surface area contributed by atoms with Gasteiger partial charge in [-0.05, 0) is 30.7 Å². The number of nitrogens with zero attached hydrogens (tertiary/aromatic N) is 1. The fraction of sp³-hybridized carbons (Fsp3) is 0.267. The molecule has 1 aromatic heterocycles. The van der Waals surface area contributed by atoms with Gasteiger partial charge in [0.2, 0.25) is 0 Å². The minimum absolute atomic E-state index is 0.123. The van der Waals surface area contributed by atoms with E-state index in [1.165, 1.54) is 0 Å². The summed E-state index contributed by atoms with van der Waals surface area (Å²) in [5.74, 6) is 0.123. The van der Waals surface area contributed by atoms with Gasteiger partial charge in [0.15, 0.2) is 9.84 Å². The second kappa shape index (κ2) is 5.00. The third-order valence-electron chi connectivity index (χ3n) is 3.49. The van der Waals surface area contributed by atoms with E-state index in [0.717, 1.165) is 17.0 Å². The molecule has 1 aliphatic heterocycles. The Bertz CT molecular complexity index is 741. The standard InChI is InChI=1S/C15H16N2O2S/c1-11-5-4-6-12(17-11)9-16-14-10-20(18,19)15-8-3-2-7-13(14)15/h2-8,14,16H,9-10H2,1H3. The van der Waals surface area contributed by atoms with E-state index in [-0.39, 0.29) is 11.8 Å². The summed E-state index contributed by atoms with van der Waals surface area (Å²) in [5.41, 5.74) is 2.75. The van der Waals surface area contributed by atoms with Crippen molar-refractivity contribution in [2.75, 3.05) is 5.75 Å². The lowest BCUT2D eigenvalue weighted by Crippen LogP contribution is -2.22. The number of hydrogen-bond donors (Lipinski definition) is 1. The molecule has 5 heteroatoms. The van der Waals surface area contributed by atoms with Crippen LogP contribution in [0.15, 0.2) is 47.4 Å². The minimum atomic E-state index is -3.15. The molecule has 2 aromatic rings. The van der Waals surface area contributed by atoms with Crippen molar-refractivity contribution < 1.29 is 8.42 Å². The number of sulfone groups is 1. The quantitative estimate of drug-likeness (QED) is 0.938. The van der Waals surface area contributed by atoms with Gasteiger partial charge in [-0.15, -0.1) is 0 Å². The Morgan fingerprint density at radius 1 is 1.20 bits per heavy atom. The largest absolute Gasteiger partial charge is 0.303 e. The number of fused-ring (bicyclic) bond motifs is 1. The van der Waals surface area contributed by atoms with Gasteiger partial charge < -0.3 is 5.32 Å². The SMILES string of the molecule is Cc1cccc(CNC2CS(=O)(=O)c3ccccc32)n1. The molecule has 4 nitrogen and oxygen atoms in total. The maximum Gasteiger partial charge on any atom is 0.180 e. The van der Waals surface area contributed by atoms with Gasteiger partial charge in [-0.3, -0.25) is 4.98 Å². The van der Waals surface area contributed by atoms with Crippen LogP contribution >= 0.6 is 0 Å². The summed E-state index contributed by atoms with van der Waals surface area (Å²) < 4.78 is 24.1. The fourth-order valence-electron chi connectivity index (χ4n) is 2.55. The van der Waals surface area contributed by atoms with Gasteiger partial charge in [-0.25, -0.2) is 8.42 Å². The first-order valence-electron chi connectivity index (χ1n) is 6.54. The van der Waals surface area contributed by atoms with E-state index in [2.05, 4.69) is 10.3 Å². The van der Waals surface area contributed by atoms with Crippen molar-refractivity contribution >= 4 is 9.84 Å². The zero-order valence-electron chi connectivity index (χ0n) is 11.2. The maximum atomic E-state index is 12.1. The third-order valence-corrected chi connectivity index (χ3v) is 5.31. The minimum Gasteiger partial charge on any atom is -0.303 e. The number of hydrogen-bond acceptors (Lipinski definition) is 4. The van der Waals surface area contributed by atoms with Crippen molar-refractivity contribution in [3.05, 3.63) is 59.4 Å². The van der Waals surface area contributed by atoms with Crippen LogP contribution in [0.1, 0.15) is 23.0 Å². The summed E-state index contributed by atoms with van der Waals surface area (Å²) in [6.07, 6.45) is 0. The van der Waals surface area contributed by atoms with Crippen molar-refractivity contribution in [1.29, 1.82) is 0 Å². The summed E-state index contributed by atoms with van der Waals surface area (Å²) in [6.45, 7) is 2.51. The second-order valence-corrected chi connectivity index (χ2v) is 7.03. The molecule has 0 aliphatic carbocycles. The first-order valence-corrected chi connectivity index (χ1v) is 8.19. The predicted octanol–water partition coefficient (Wildman–Crippen LogP) is 2.01. The maximum absolute atomic E-state index is 12.1. The molecule has 0 saturated heterocycles. The molecule has 1 aliphatic rings. The molecule has 104 valence electrons. The summed E-state index contributed by atoms with van der Waals surface area (Å²) in [6, 6.07) is 12.9. The van der Waals surface area contributed by atoms with E-state index in [4.69, 9.17) is 0 Å². The van der Waals surface area contributed by atoms with Crippen molar-refractivity contribution in [2.45, 2.75) is 24.4 Å². The van der Waals surface area contributed by atoms with E-state index in [9.17, 15) is 8.42 Å². The molecule has 0 saturated carbocycles. The average Bonchev–Trinajstić information content (AvgIpc) is 2.69. The third kappa shape index (κ3) is 2.46. The Morgan fingerprint density at radius 3 is 2.80 bits per heavy atom. The average molecular weight is 288 g/mol. The van der Waals surface area contributed by atoms with Gasteiger partial charge in [0.1, 0.15) is 0 Å². The number of aromatic nitrogens is 1. The smallest absolute Gasteiger partial charge is 0.180 e. The monoisotopic (exact) mass is 288 g/mol. The van der Waals surface area contributed by atoms with Crippen molar-refractivity contribution in [3.63, 3.8) is 0 Å². The molecule has 3 rings (SSSR count). The number of rotatable bonds is 3. The predicted molar refractivity (Wildman–Crippen MR) is 77.0 cm³/mol. The number of benzene rings is 1. The lowest BCUT2D eigenvalue weighted by atomic mass is 10.1. The Morgan fingerprint density at radius 2 is 2.00 bits per heavy atom. The Labute approximate surface area is 118 Å². The van der Waals surface area contributed by atoms with Crippen LogP contribution < -0.4 is 5.32 Å². The van der Waals surface area contributed by atoms with E-state index in [1.54, 1.807) is 12.1 Å². The highest BCUT2D eigenvalue weighted by Crippen LogP contribution is 2.32. The van der Waals surface area contributed by atoms with Crippen LogP contribution in [0.2, 0.25) is 0 Å². The van der Waals surface area contributed by atoms with Crippen LogP contribution in [-0.2, 0) is 16.4 Å². The Kier molecular flexibility index (Phi) is 3.31. The van der Waals surface area contributed by atoms with Crippen molar-refractivity contribution in [2.24, 2.45) is 0 Å². The van der Waals surface area contributed by atoms with Crippen molar-refractivity contribution in [1.82, 2.24) is 10.3 Å². The Hall–Kier alpha value is -1.72. The Balaban J connectivity index is 1.80. The second-order valence-electron chi connectivity index (χ2n) is 5.02. The lowest BCUT2D eigenvalue weighted by Gasteiger charge is -2.12. The number of pyridine rings is 1. The first-order chi connectivity index (χ1) is 9.56. The molecule has 0 radical (unpaired) electrons. The molecule has 1 atom stereocenters. The zero-order chi connectivity index (χ0) is 14.2. The van der Waals surface area contributed by atoms with E-state index in [0.29, 0.717) is 11.4 Å². The first kappa shape index (κ1) is 13.3. The molecule has 1 N–H and O–H groups in total. The highest BCUT2D eigenvalue weighted by molar-refractivity contribution is 7.91. The van der Waals surface area contributed by atoms with E-state index < -0.39 is 9.84 Å². The molecular formula is C15H16N2O2S. The van der Waals surface area contributed by atoms with Crippen LogP contribution in [0.5, 0.6) is 0 Å². The zero-order valence-corrected chi connectivity index (χ0v) is 12.0. The summed E-state index contributed by atoms with van der Waals surface area (Å²) in [7, 11) is -3.15. The van der Waals surface area contributed by atoms with Crippen LogP contribution in [0.3, 0.4) is 0 Å². The van der Waals surface area contributed by atoms with Crippen LogP contribution in [0.4, 0.5) is 0 Å². The van der Waals surface area contributed by atoms with Gasteiger partial charge in [0.25, 0.3) is 0 Å². The van der Waals surface area contributed by atoms with Gasteiger partial charge >= 0.3 is 0 Å². The summed E-state index contributed by atoms with van der Waals surface area (Å²) >= 11 is 0. The van der Waals surface area contributed by atoms with Crippen LogP contribution in [0, 0.1) is 6.92 Å². The van der Waals surface area contributed by atoms with Gasteiger partial charge in [-0.2, -0.15) is 0 Å². The highest BCUT2D eigenvalue weighted by atomic mass is 32.2. The molecular weight excluding hydrogens is 272 g/mol. The number of aryl methyl sites for hydroxylation is 1. The van der Waals surface area contributed by atoms with Gasteiger partial charge in [0.05, 0.1) is 16.3 Å². The van der Waals surface area contributed by atoms with E-state index >= 15 is 0 Å². The van der Waals surface area contributed by atoms with E-state index in [1.807, 2.05) is 37.3 Å². The lowest BCUT2D eigenvalue weighted by molar-refractivity contribution is 0.561.